The lowest BCUT2D eigenvalue weighted by atomic mass is 10.1. The standard InChI is InChI=1S/C11H11N/c1-2-3-11(12)9-5-4-8-6-10(8)7-9/h2-5,7H,1,6,12H2/b11-3-. The highest BCUT2D eigenvalue weighted by Crippen LogP contribution is 2.29. The summed E-state index contributed by atoms with van der Waals surface area (Å²) in [6.07, 6.45) is 4.67. The minimum Gasteiger partial charge on any atom is -0.398 e. The fourth-order valence-corrected chi connectivity index (χ4v) is 1.30. The molecular weight excluding hydrogens is 146 g/mol. The molecule has 1 aromatic carbocycles. The number of hydrogen-bond acceptors (Lipinski definition) is 1. The van der Waals surface area contributed by atoms with E-state index in [0.29, 0.717) is 0 Å². The number of benzene rings is 1. The molecule has 12 heavy (non-hydrogen) atoms. The predicted octanol–water partition coefficient (Wildman–Crippen LogP) is 2.08. The van der Waals surface area contributed by atoms with Crippen molar-refractivity contribution in [1.29, 1.82) is 0 Å². The Morgan fingerprint density at radius 1 is 1.42 bits per heavy atom. The zero-order chi connectivity index (χ0) is 8.55. The summed E-state index contributed by atoms with van der Waals surface area (Å²) < 4.78 is 0. The number of fused-ring (bicyclic) bond motifs is 1. The molecule has 0 bridgehead atoms. The highest BCUT2D eigenvalue weighted by molar-refractivity contribution is 5.67. The van der Waals surface area contributed by atoms with E-state index >= 15 is 0 Å². The van der Waals surface area contributed by atoms with Gasteiger partial charge in [-0.25, -0.2) is 0 Å². The van der Waals surface area contributed by atoms with Crippen molar-refractivity contribution in [3.05, 3.63) is 53.6 Å². The summed E-state index contributed by atoms with van der Waals surface area (Å²) in [5.74, 6) is 0. The summed E-state index contributed by atoms with van der Waals surface area (Å²) in [6, 6.07) is 6.33. The molecule has 60 valence electrons. The molecule has 1 aromatic rings. The van der Waals surface area contributed by atoms with E-state index in [4.69, 9.17) is 5.73 Å². The second-order valence-corrected chi connectivity index (χ2v) is 3.02. The molecule has 1 aliphatic rings. The maximum atomic E-state index is 5.79. The fraction of sp³-hybridized carbons (Fsp3) is 0.0909. The van der Waals surface area contributed by atoms with Gasteiger partial charge in [0.1, 0.15) is 0 Å². The van der Waals surface area contributed by atoms with Gasteiger partial charge in [0.25, 0.3) is 0 Å². The van der Waals surface area contributed by atoms with E-state index in [2.05, 4.69) is 24.8 Å². The number of nitrogens with two attached hydrogens (primary N) is 1. The van der Waals surface area contributed by atoms with E-state index < -0.39 is 0 Å². The predicted molar refractivity (Wildman–Crippen MR) is 51.6 cm³/mol. The van der Waals surface area contributed by atoms with Gasteiger partial charge in [0.15, 0.2) is 0 Å². The van der Waals surface area contributed by atoms with Crippen molar-refractivity contribution in [2.24, 2.45) is 5.73 Å². The molecule has 0 amide bonds. The maximum Gasteiger partial charge on any atom is 0.0387 e. The van der Waals surface area contributed by atoms with Crippen molar-refractivity contribution in [3.8, 4) is 0 Å². The second kappa shape index (κ2) is 2.52. The van der Waals surface area contributed by atoms with Gasteiger partial charge in [-0.3, -0.25) is 0 Å². The van der Waals surface area contributed by atoms with Gasteiger partial charge in [-0.05, 0) is 35.3 Å². The molecule has 1 heteroatoms. The summed E-state index contributed by atoms with van der Waals surface area (Å²) >= 11 is 0. The Hall–Kier alpha value is -1.50. The molecule has 1 aliphatic carbocycles. The van der Waals surface area contributed by atoms with Crippen molar-refractivity contribution in [1.82, 2.24) is 0 Å². The highest BCUT2D eigenvalue weighted by atomic mass is 14.6. The zero-order valence-electron chi connectivity index (χ0n) is 6.88. The van der Waals surface area contributed by atoms with E-state index in [-0.39, 0.29) is 0 Å². The first-order chi connectivity index (χ1) is 5.81. The van der Waals surface area contributed by atoms with Crippen LogP contribution in [0.3, 0.4) is 0 Å². The third-order valence-corrected chi connectivity index (χ3v) is 2.09. The Morgan fingerprint density at radius 3 is 2.92 bits per heavy atom. The van der Waals surface area contributed by atoms with E-state index in [0.717, 1.165) is 17.7 Å². The van der Waals surface area contributed by atoms with Crippen LogP contribution in [0.5, 0.6) is 0 Å². The smallest absolute Gasteiger partial charge is 0.0387 e. The van der Waals surface area contributed by atoms with Gasteiger partial charge >= 0.3 is 0 Å². The molecule has 0 spiro atoms. The maximum absolute atomic E-state index is 5.79. The van der Waals surface area contributed by atoms with Crippen molar-refractivity contribution >= 4 is 5.70 Å². The largest absolute Gasteiger partial charge is 0.398 e. The molecule has 0 fully saturated rings. The summed E-state index contributed by atoms with van der Waals surface area (Å²) in [6.45, 7) is 3.61. The lowest BCUT2D eigenvalue weighted by molar-refractivity contribution is 1.52. The van der Waals surface area contributed by atoms with Crippen LogP contribution in [0.4, 0.5) is 0 Å². The first kappa shape index (κ1) is 7.17. The first-order valence-electron chi connectivity index (χ1n) is 4.01. The molecule has 1 nitrogen and oxygen atoms in total. The highest BCUT2D eigenvalue weighted by Gasteiger charge is 2.16. The van der Waals surface area contributed by atoms with Gasteiger partial charge < -0.3 is 5.73 Å². The van der Waals surface area contributed by atoms with Crippen LogP contribution in [-0.2, 0) is 6.42 Å². The molecule has 0 heterocycles. The van der Waals surface area contributed by atoms with Crippen molar-refractivity contribution in [2.75, 3.05) is 0 Å². The van der Waals surface area contributed by atoms with Gasteiger partial charge in [-0.15, -0.1) is 0 Å². The van der Waals surface area contributed by atoms with E-state index in [1.165, 1.54) is 11.1 Å². The minimum atomic E-state index is 0.791. The number of allylic oxidation sites excluding steroid dienone is 2. The molecule has 0 radical (unpaired) electrons. The Kier molecular flexibility index (Phi) is 1.51. The monoisotopic (exact) mass is 157 g/mol. The van der Waals surface area contributed by atoms with Crippen LogP contribution < -0.4 is 5.73 Å². The minimum absolute atomic E-state index is 0.791. The van der Waals surface area contributed by atoms with Crippen LogP contribution in [0.25, 0.3) is 5.70 Å². The summed E-state index contributed by atoms with van der Waals surface area (Å²) in [5, 5.41) is 0. The Bertz CT molecular complexity index is 361. The molecule has 2 N–H and O–H groups in total. The number of hydrogen-bond donors (Lipinski definition) is 1. The third-order valence-electron chi connectivity index (χ3n) is 2.09. The van der Waals surface area contributed by atoms with Crippen LogP contribution in [0.15, 0.2) is 36.9 Å². The van der Waals surface area contributed by atoms with Crippen LogP contribution >= 0.6 is 0 Å². The summed E-state index contributed by atoms with van der Waals surface area (Å²) in [7, 11) is 0. The van der Waals surface area contributed by atoms with Crippen molar-refractivity contribution < 1.29 is 0 Å². The average molecular weight is 157 g/mol. The lowest BCUT2D eigenvalue weighted by Gasteiger charge is -1.97. The van der Waals surface area contributed by atoms with Crippen LogP contribution in [0, 0.1) is 0 Å². The molecule has 0 aromatic heterocycles. The van der Waals surface area contributed by atoms with Crippen LogP contribution in [0.2, 0.25) is 0 Å². The van der Waals surface area contributed by atoms with Gasteiger partial charge in [-0.2, -0.15) is 0 Å². The molecule has 0 saturated carbocycles. The summed E-state index contributed by atoms with van der Waals surface area (Å²) in [5.41, 5.74) is 10.6. The Morgan fingerprint density at radius 2 is 2.25 bits per heavy atom. The van der Waals surface area contributed by atoms with Crippen LogP contribution in [0.1, 0.15) is 16.7 Å². The molecule has 0 unspecified atom stereocenters. The first-order valence-corrected chi connectivity index (χ1v) is 4.01. The van der Waals surface area contributed by atoms with Crippen molar-refractivity contribution in [2.45, 2.75) is 6.42 Å². The molecule has 0 saturated heterocycles. The number of rotatable bonds is 2. The van der Waals surface area contributed by atoms with Gasteiger partial charge in [0, 0.05) is 5.70 Å². The normalized spacial score (nSPS) is 13.8. The van der Waals surface area contributed by atoms with E-state index in [1.54, 1.807) is 6.08 Å². The molecule has 0 atom stereocenters. The lowest BCUT2D eigenvalue weighted by Crippen LogP contribution is -1.94. The Balaban J connectivity index is 2.35. The van der Waals surface area contributed by atoms with Gasteiger partial charge in [-0.1, -0.05) is 24.8 Å². The van der Waals surface area contributed by atoms with Gasteiger partial charge in [0.2, 0.25) is 0 Å². The quantitative estimate of drug-likeness (QED) is 0.663. The van der Waals surface area contributed by atoms with E-state index in [1.807, 2.05) is 6.08 Å². The second-order valence-electron chi connectivity index (χ2n) is 3.02. The average Bonchev–Trinajstić information content (AvgIpc) is 2.81. The molecule has 0 aliphatic heterocycles. The van der Waals surface area contributed by atoms with E-state index in [9.17, 15) is 0 Å². The Labute approximate surface area is 72.2 Å². The fourth-order valence-electron chi connectivity index (χ4n) is 1.30. The van der Waals surface area contributed by atoms with Gasteiger partial charge in [0.05, 0.1) is 0 Å². The third kappa shape index (κ3) is 1.14. The zero-order valence-corrected chi connectivity index (χ0v) is 6.88. The van der Waals surface area contributed by atoms with Crippen molar-refractivity contribution in [3.63, 3.8) is 0 Å². The molecular formula is C11H11N. The van der Waals surface area contributed by atoms with Crippen LogP contribution in [-0.4, -0.2) is 0 Å². The SMILES string of the molecule is C=C/C=C(\N)c1ccc2c(c1)C2. The molecule has 2 rings (SSSR count). The summed E-state index contributed by atoms with van der Waals surface area (Å²) in [4.78, 5) is 0. The topological polar surface area (TPSA) is 26.0 Å².